The fourth-order valence-corrected chi connectivity index (χ4v) is 1.59. The van der Waals surface area contributed by atoms with E-state index in [4.69, 9.17) is 25.1 Å². The number of nitrogens with one attached hydrogen (secondary N) is 1. The number of aliphatic hydroxyl groups excluding tert-OH is 1. The van der Waals surface area contributed by atoms with Gasteiger partial charge in [0.05, 0.1) is 39.6 Å². The minimum absolute atomic E-state index is 0.0451. The van der Waals surface area contributed by atoms with Crippen LogP contribution in [0, 0.1) is 0 Å². The van der Waals surface area contributed by atoms with Crippen LogP contribution in [0.25, 0.3) is 0 Å². The molecule has 0 saturated carbocycles. The summed E-state index contributed by atoms with van der Waals surface area (Å²) in [5, 5.41) is 11.2. The molecule has 0 aliphatic carbocycles. The molecule has 0 heterocycles. The van der Waals surface area contributed by atoms with E-state index in [1.54, 1.807) is 0 Å². The van der Waals surface area contributed by atoms with Gasteiger partial charge in [0.25, 0.3) is 5.91 Å². The zero-order valence-corrected chi connectivity index (χ0v) is 11.6. The van der Waals surface area contributed by atoms with E-state index in [9.17, 15) is 4.79 Å². The molecule has 1 amide bonds. The Hall–Kier alpha value is -1.99. The van der Waals surface area contributed by atoms with Gasteiger partial charge in [-0.05, 0) is 6.07 Å². The molecule has 1 rings (SSSR count). The van der Waals surface area contributed by atoms with Gasteiger partial charge in [0.2, 0.25) is 0 Å². The van der Waals surface area contributed by atoms with Gasteiger partial charge in [-0.15, -0.1) is 0 Å². The van der Waals surface area contributed by atoms with E-state index in [2.05, 4.69) is 5.32 Å². The highest BCUT2D eigenvalue weighted by atomic mass is 16.5. The summed E-state index contributed by atoms with van der Waals surface area (Å²) in [5.41, 5.74) is 6.42. The minimum atomic E-state index is -0.323. The van der Waals surface area contributed by atoms with Gasteiger partial charge >= 0.3 is 0 Å². The zero-order chi connectivity index (χ0) is 15.0. The van der Waals surface area contributed by atoms with Crippen LogP contribution in [-0.2, 0) is 4.74 Å². The number of ether oxygens (including phenoxy) is 3. The van der Waals surface area contributed by atoms with Crippen molar-refractivity contribution < 1.29 is 24.1 Å². The fraction of sp³-hybridized carbons (Fsp3) is 0.462. The maximum atomic E-state index is 12.0. The molecule has 20 heavy (non-hydrogen) atoms. The molecule has 1 aromatic rings. The molecule has 0 aliphatic heterocycles. The molecule has 0 aliphatic rings. The molecule has 7 heteroatoms. The number of nitrogen functional groups attached to an aromatic ring is 1. The largest absolute Gasteiger partial charge is 0.493 e. The highest BCUT2D eigenvalue weighted by molar-refractivity contribution is 6.00. The van der Waals surface area contributed by atoms with Crippen LogP contribution in [-0.4, -0.2) is 51.6 Å². The monoisotopic (exact) mass is 284 g/mol. The van der Waals surface area contributed by atoms with Gasteiger partial charge < -0.3 is 30.4 Å². The highest BCUT2D eigenvalue weighted by Crippen LogP contribution is 2.31. The second-order valence-corrected chi connectivity index (χ2v) is 3.89. The summed E-state index contributed by atoms with van der Waals surface area (Å²) in [6, 6.07) is 3.06. The number of nitrogens with two attached hydrogens (primary N) is 1. The maximum Gasteiger partial charge on any atom is 0.253 e. The van der Waals surface area contributed by atoms with Gasteiger partial charge in [0.15, 0.2) is 11.5 Å². The predicted molar refractivity (Wildman–Crippen MR) is 74.2 cm³/mol. The Bertz CT molecular complexity index is 451. The van der Waals surface area contributed by atoms with Crippen LogP contribution in [0.2, 0.25) is 0 Å². The van der Waals surface area contributed by atoms with E-state index in [0.29, 0.717) is 35.9 Å². The molecule has 4 N–H and O–H groups in total. The van der Waals surface area contributed by atoms with Crippen molar-refractivity contribution in [1.29, 1.82) is 0 Å². The molecule has 0 radical (unpaired) electrons. The molecule has 112 valence electrons. The smallest absolute Gasteiger partial charge is 0.253 e. The maximum absolute atomic E-state index is 12.0. The standard InChI is InChI=1S/C13H20N2O5/c1-18-11-7-9(10(14)8-12(11)19-2)13(17)15-3-5-20-6-4-16/h7-8,16H,3-6,14H2,1-2H3,(H,15,17). The number of amides is 1. The first-order valence-electron chi connectivity index (χ1n) is 6.12. The van der Waals surface area contributed by atoms with E-state index in [1.807, 2.05) is 0 Å². The number of aliphatic hydroxyl groups is 1. The average molecular weight is 284 g/mol. The first-order chi connectivity index (χ1) is 9.63. The number of methoxy groups -OCH3 is 2. The lowest BCUT2D eigenvalue weighted by Crippen LogP contribution is -2.28. The summed E-state index contributed by atoms with van der Waals surface area (Å²) in [5.74, 6) is 0.576. The number of benzene rings is 1. The third kappa shape index (κ3) is 4.29. The van der Waals surface area contributed by atoms with Crippen LogP contribution in [0.15, 0.2) is 12.1 Å². The summed E-state index contributed by atoms with van der Waals surface area (Å²) in [6.07, 6.45) is 0. The van der Waals surface area contributed by atoms with Gasteiger partial charge in [-0.2, -0.15) is 0 Å². The van der Waals surface area contributed by atoms with Crippen molar-refractivity contribution in [3.8, 4) is 11.5 Å². The van der Waals surface area contributed by atoms with Crippen LogP contribution in [0.5, 0.6) is 11.5 Å². The van der Waals surface area contributed by atoms with Crippen molar-refractivity contribution in [1.82, 2.24) is 5.32 Å². The van der Waals surface area contributed by atoms with Gasteiger partial charge in [-0.3, -0.25) is 4.79 Å². The van der Waals surface area contributed by atoms with Crippen molar-refractivity contribution in [2.24, 2.45) is 0 Å². The Morgan fingerprint density at radius 3 is 2.50 bits per heavy atom. The number of anilines is 1. The molecule has 0 fully saturated rings. The molecule has 0 spiro atoms. The van der Waals surface area contributed by atoms with Crippen molar-refractivity contribution in [3.05, 3.63) is 17.7 Å². The van der Waals surface area contributed by atoms with E-state index < -0.39 is 0 Å². The van der Waals surface area contributed by atoms with Crippen molar-refractivity contribution >= 4 is 11.6 Å². The molecule has 0 saturated heterocycles. The van der Waals surface area contributed by atoms with Crippen LogP contribution in [0.1, 0.15) is 10.4 Å². The van der Waals surface area contributed by atoms with Gasteiger partial charge in [-0.25, -0.2) is 0 Å². The number of carbonyl (C=O) groups is 1. The SMILES string of the molecule is COc1cc(N)c(C(=O)NCCOCCO)cc1OC. The molecule has 0 atom stereocenters. The fourth-order valence-electron chi connectivity index (χ4n) is 1.59. The second-order valence-electron chi connectivity index (χ2n) is 3.89. The number of carbonyl (C=O) groups excluding carboxylic acids is 1. The third-order valence-corrected chi connectivity index (χ3v) is 2.57. The van der Waals surface area contributed by atoms with Crippen molar-refractivity contribution in [3.63, 3.8) is 0 Å². The minimum Gasteiger partial charge on any atom is -0.493 e. The summed E-state index contributed by atoms with van der Waals surface area (Å²) in [4.78, 5) is 12.0. The number of hydrogen-bond acceptors (Lipinski definition) is 6. The third-order valence-electron chi connectivity index (χ3n) is 2.57. The average Bonchev–Trinajstić information content (AvgIpc) is 2.46. The molecule has 0 bridgehead atoms. The molecule has 7 nitrogen and oxygen atoms in total. The molecular weight excluding hydrogens is 264 g/mol. The molecule has 0 unspecified atom stereocenters. The summed E-state index contributed by atoms with van der Waals surface area (Å²) in [7, 11) is 2.98. The normalized spacial score (nSPS) is 10.2. The Kier molecular flexibility index (Phi) is 6.61. The van der Waals surface area contributed by atoms with Crippen LogP contribution < -0.4 is 20.5 Å². The topological polar surface area (TPSA) is 103 Å². The first kappa shape index (κ1) is 16.1. The lowest BCUT2D eigenvalue weighted by Gasteiger charge is -2.12. The molecular formula is C13H20N2O5. The van der Waals surface area contributed by atoms with Crippen LogP contribution in [0.3, 0.4) is 0 Å². The van der Waals surface area contributed by atoms with E-state index in [1.165, 1.54) is 26.4 Å². The Morgan fingerprint density at radius 2 is 1.90 bits per heavy atom. The zero-order valence-electron chi connectivity index (χ0n) is 11.6. The van der Waals surface area contributed by atoms with E-state index in [-0.39, 0.29) is 19.1 Å². The van der Waals surface area contributed by atoms with E-state index >= 15 is 0 Å². The number of hydrogen-bond donors (Lipinski definition) is 3. The lowest BCUT2D eigenvalue weighted by atomic mass is 10.1. The second kappa shape index (κ2) is 8.23. The van der Waals surface area contributed by atoms with Crippen LogP contribution in [0.4, 0.5) is 5.69 Å². The van der Waals surface area contributed by atoms with Gasteiger partial charge in [-0.1, -0.05) is 0 Å². The first-order valence-corrected chi connectivity index (χ1v) is 6.12. The Labute approximate surface area is 117 Å². The Balaban J connectivity index is 2.68. The summed E-state index contributed by atoms with van der Waals surface area (Å²) in [6.45, 7) is 0.844. The summed E-state index contributed by atoms with van der Waals surface area (Å²) >= 11 is 0. The Morgan fingerprint density at radius 1 is 1.25 bits per heavy atom. The van der Waals surface area contributed by atoms with Crippen molar-refractivity contribution in [2.75, 3.05) is 46.3 Å². The lowest BCUT2D eigenvalue weighted by molar-refractivity contribution is 0.0838. The van der Waals surface area contributed by atoms with Crippen LogP contribution >= 0.6 is 0 Å². The predicted octanol–water partition coefficient (Wildman–Crippen LogP) is 0.0247. The van der Waals surface area contributed by atoms with Gasteiger partial charge in [0.1, 0.15) is 0 Å². The van der Waals surface area contributed by atoms with Gasteiger partial charge in [0, 0.05) is 18.3 Å². The summed E-state index contributed by atoms with van der Waals surface area (Å²) < 4.78 is 15.3. The highest BCUT2D eigenvalue weighted by Gasteiger charge is 2.14. The number of rotatable bonds is 8. The molecule has 0 aromatic heterocycles. The quantitative estimate of drug-likeness (QED) is 0.459. The molecule has 1 aromatic carbocycles. The van der Waals surface area contributed by atoms with E-state index in [0.717, 1.165) is 0 Å². The van der Waals surface area contributed by atoms with Crippen molar-refractivity contribution in [2.45, 2.75) is 0 Å².